The van der Waals surface area contributed by atoms with Crippen molar-refractivity contribution in [1.29, 1.82) is 0 Å². The van der Waals surface area contributed by atoms with Gasteiger partial charge in [0.15, 0.2) is 0 Å². The number of hydrogen-bond donors (Lipinski definition) is 0. The fourth-order valence-electron chi connectivity index (χ4n) is 1.21. The largest absolute Gasteiger partial charge is 0.358 e. The van der Waals surface area contributed by atoms with Crippen LogP contribution in [-0.2, 0) is 9.32 Å². The predicted octanol–water partition coefficient (Wildman–Crippen LogP) is 2.62. The van der Waals surface area contributed by atoms with Gasteiger partial charge in [0, 0.05) is 21.3 Å². The van der Waals surface area contributed by atoms with Crippen molar-refractivity contribution in [2.45, 2.75) is 26.4 Å². The molecule has 1 heterocycles. The van der Waals surface area contributed by atoms with E-state index >= 15 is 0 Å². The Labute approximate surface area is 95.8 Å². The van der Waals surface area contributed by atoms with Crippen LogP contribution in [-0.4, -0.2) is 17.4 Å². The third-order valence-corrected chi connectivity index (χ3v) is 3.12. The fourth-order valence-corrected chi connectivity index (χ4v) is 2.10. The lowest BCUT2D eigenvalue weighted by Crippen LogP contribution is -2.09. The number of aldehydes is 1. The summed E-state index contributed by atoms with van der Waals surface area (Å²) in [4.78, 5) is 14.7. The lowest BCUT2D eigenvalue weighted by atomic mass is 10.1. The van der Waals surface area contributed by atoms with Crippen molar-refractivity contribution >= 4 is 33.2 Å². The molecule has 15 heavy (non-hydrogen) atoms. The van der Waals surface area contributed by atoms with Gasteiger partial charge in [-0.1, -0.05) is 0 Å². The minimum Gasteiger partial charge on any atom is -0.358 e. The third kappa shape index (κ3) is 3.82. The molecule has 0 aromatic carbocycles. The SMILES string of the molecule is C/C(=C\c1csc(C)n1)[C@H](CC=O)OP. The standard InChI is InChI=1S/C10H14NO2PS/c1-7(10(13-14)3-4-12)5-9-6-15-8(2)11-9/h4-6,10H,3,14H2,1-2H3/b7-5+/t10-/m0/s1. The molecule has 3 nitrogen and oxygen atoms in total. The predicted molar refractivity (Wildman–Crippen MR) is 65.8 cm³/mol. The van der Waals surface area contributed by atoms with E-state index < -0.39 is 0 Å². The second kappa shape index (κ2) is 6.11. The second-order valence-corrected chi connectivity index (χ2v) is 4.54. The lowest BCUT2D eigenvalue weighted by Gasteiger charge is -2.11. The Morgan fingerprint density at radius 3 is 3.00 bits per heavy atom. The molecule has 0 fully saturated rings. The zero-order valence-corrected chi connectivity index (χ0v) is 10.7. The number of aromatic nitrogens is 1. The van der Waals surface area contributed by atoms with Gasteiger partial charge in [0.2, 0.25) is 0 Å². The maximum absolute atomic E-state index is 10.4. The van der Waals surface area contributed by atoms with E-state index in [0.717, 1.165) is 22.6 Å². The molecule has 82 valence electrons. The molecular weight excluding hydrogens is 229 g/mol. The minimum absolute atomic E-state index is 0.172. The molecular formula is C10H14NO2PS. The van der Waals surface area contributed by atoms with Crippen LogP contribution >= 0.6 is 20.8 Å². The molecule has 2 atom stereocenters. The molecule has 5 heteroatoms. The van der Waals surface area contributed by atoms with E-state index in [1.165, 1.54) is 0 Å². The van der Waals surface area contributed by atoms with Gasteiger partial charge in [0.1, 0.15) is 6.29 Å². The van der Waals surface area contributed by atoms with E-state index in [0.29, 0.717) is 6.42 Å². The number of nitrogens with zero attached hydrogens (tertiary/aromatic N) is 1. The summed E-state index contributed by atoms with van der Waals surface area (Å²) < 4.78 is 5.12. The summed E-state index contributed by atoms with van der Waals surface area (Å²) >= 11 is 1.61. The molecule has 0 saturated heterocycles. The van der Waals surface area contributed by atoms with Crippen molar-refractivity contribution < 1.29 is 9.32 Å². The molecule has 0 bridgehead atoms. The first-order chi connectivity index (χ1) is 7.17. The van der Waals surface area contributed by atoms with Crippen LogP contribution in [0.3, 0.4) is 0 Å². The summed E-state index contributed by atoms with van der Waals surface area (Å²) in [5.41, 5.74) is 1.93. The maximum atomic E-state index is 10.4. The number of carbonyl (C=O) groups excluding carboxylic acids is 1. The molecule has 1 unspecified atom stereocenters. The van der Waals surface area contributed by atoms with Crippen LogP contribution in [0.4, 0.5) is 0 Å². The highest BCUT2D eigenvalue weighted by Crippen LogP contribution is 2.17. The van der Waals surface area contributed by atoms with E-state index in [2.05, 4.69) is 14.5 Å². The van der Waals surface area contributed by atoms with Crippen molar-refractivity contribution in [3.8, 4) is 0 Å². The summed E-state index contributed by atoms with van der Waals surface area (Å²) in [6.07, 6.45) is 3.00. The van der Waals surface area contributed by atoms with E-state index in [4.69, 9.17) is 4.52 Å². The summed E-state index contributed by atoms with van der Waals surface area (Å²) in [7, 11) is 2.19. The highest BCUT2D eigenvalue weighted by molar-refractivity contribution is 7.10. The zero-order chi connectivity index (χ0) is 11.3. The molecule has 0 spiro atoms. The first kappa shape index (κ1) is 12.5. The van der Waals surface area contributed by atoms with Gasteiger partial charge in [-0.3, -0.25) is 0 Å². The van der Waals surface area contributed by atoms with Gasteiger partial charge in [0.05, 0.1) is 16.8 Å². The number of rotatable bonds is 5. The lowest BCUT2D eigenvalue weighted by molar-refractivity contribution is -0.108. The van der Waals surface area contributed by atoms with Crippen molar-refractivity contribution in [3.05, 3.63) is 21.7 Å². The molecule has 0 amide bonds. The quantitative estimate of drug-likeness (QED) is 0.589. The smallest absolute Gasteiger partial charge is 0.122 e. The van der Waals surface area contributed by atoms with Gasteiger partial charge in [0.25, 0.3) is 0 Å². The van der Waals surface area contributed by atoms with Gasteiger partial charge < -0.3 is 9.32 Å². The highest BCUT2D eigenvalue weighted by Gasteiger charge is 2.09. The molecule has 0 aliphatic rings. The summed E-state index contributed by atoms with van der Waals surface area (Å²) in [6, 6.07) is 0. The van der Waals surface area contributed by atoms with Gasteiger partial charge in [-0.05, 0) is 25.5 Å². The second-order valence-electron chi connectivity index (χ2n) is 3.21. The molecule has 0 aliphatic heterocycles. The summed E-state index contributed by atoms with van der Waals surface area (Å²) in [6.45, 7) is 3.90. The van der Waals surface area contributed by atoms with E-state index in [-0.39, 0.29) is 6.10 Å². The molecule has 1 aromatic rings. The number of hydrogen-bond acceptors (Lipinski definition) is 4. The highest BCUT2D eigenvalue weighted by atomic mass is 32.1. The number of aryl methyl sites for hydroxylation is 1. The van der Waals surface area contributed by atoms with Crippen LogP contribution in [0.2, 0.25) is 0 Å². The van der Waals surface area contributed by atoms with Gasteiger partial charge >= 0.3 is 0 Å². The maximum Gasteiger partial charge on any atom is 0.122 e. The monoisotopic (exact) mass is 243 g/mol. The van der Waals surface area contributed by atoms with Gasteiger partial charge in [-0.15, -0.1) is 11.3 Å². The Kier molecular flexibility index (Phi) is 5.09. The van der Waals surface area contributed by atoms with Crippen LogP contribution < -0.4 is 0 Å². The van der Waals surface area contributed by atoms with E-state index in [1.54, 1.807) is 11.3 Å². The molecule has 1 rings (SSSR count). The van der Waals surface area contributed by atoms with Crippen LogP contribution in [0.15, 0.2) is 11.0 Å². The van der Waals surface area contributed by atoms with Crippen LogP contribution in [0, 0.1) is 6.92 Å². The molecule has 0 aliphatic carbocycles. The number of thiazole rings is 1. The average molecular weight is 243 g/mol. The Balaban J connectivity index is 2.76. The first-order valence-electron chi connectivity index (χ1n) is 4.57. The van der Waals surface area contributed by atoms with Gasteiger partial charge in [-0.2, -0.15) is 0 Å². The van der Waals surface area contributed by atoms with E-state index in [9.17, 15) is 4.79 Å². The fraction of sp³-hybridized carbons (Fsp3) is 0.400. The van der Waals surface area contributed by atoms with E-state index in [1.807, 2.05) is 25.3 Å². The van der Waals surface area contributed by atoms with Crippen LogP contribution in [0.5, 0.6) is 0 Å². The van der Waals surface area contributed by atoms with Crippen molar-refractivity contribution in [1.82, 2.24) is 4.98 Å². The molecule has 0 radical (unpaired) electrons. The molecule has 0 saturated carbocycles. The molecule has 1 aromatic heterocycles. The molecule has 0 N–H and O–H groups in total. The normalized spacial score (nSPS) is 13.9. The first-order valence-corrected chi connectivity index (χ1v) is 5.92. The number of carbonyl (C=O) groups is 1. The summed E-state index contributed by atoms with van der Waals surface area (Å²) in [5, 5.41) is 3.02. The van der Waals surface area contributed by atoms with Gasteiger partial charge in [-0.25, -0.2) is 4.98 Å². The zero-order valence-electron chi connectivity index (χ0n) is 8.77. The topological polar surface area (TPSA) is 39.2 Å². The van der Waals surface area contributed by atoms with Crippen LogP contribution in [0.1, 0.15) is 24.0 Å². The van der Waals surface area contributed by atoms with Crippen LogP contribution in [0.25, 0.3) is 6.08 Å². The average Bonchev–Trinajstić information content (AvgIpc) is 2.60. The Hall–Kier alpha value is -0.570. The Morgan fingerprint density at radius 2 is 2.53 bits per heavy atom. The Morgan fingerprint density at radius 1 is 1.80 bits per heavy atom. The Bertz CT molecular complexity index is 362. The van der Waals surface area contributed by atoms with Crippen molar-refractivity contribution in [3.63, 3.8) is 0 Å². The van der Waals surface area contributed by atoms with Crippen molar-refractivity contribution in [2.75, 3.05) is 0 Å². The third-order valence-electron chi connectivity index (χ3n) is 1.99. The van der Waals surface area contributed by atoms with Crippen molar-refractivity contribution in [2.24, 2.45) is 0 Å². The minimum atomic E-state index is -0.172. The summed E-state index contributed by atoms with van der Waals surface area (Å²) in [5.74, 6) is 0.